The number of nitrogens with zero attached hydrogens (tertiary/aromatic N) is 3. The van der Waals surface area contributed by atoms with Crippen LogP contribution in [-0.2, 0) is 4.79 Å². The maximum absolute atomic E-state index is 12.5. The molecule has 0 bridgehead atoms. The monoisotopic (exact) mass is 362 g/mol. The van der Waals surface area contributed by atoms with Crippen LogP contribution in [0.4, 0.5) is 10.8 Å². The molecule has 2 aromatic rings. The largest absolute Gasteiger partial charge is 0.360 e. The first-order valence-corrected chi connectivity index (χ1v) is 9.71. The second-order valence-electron chi connectivity index (χ2n) is 5.07. The number of carbonyl (C=O) groups excluding carboxylic acids is 1. The molecule has 0 radical (unpaired) electrons. The standard InChI is InChI=1S/C17H22N4OS2/c1-3-5-11-18-16-19-20-17(24-16)23-13-15(22)21(12-4-2)14-9-7-6-8-10-14/h4,6-10H,2-3,5,11-13H2,1H3,(H,18,19). The average Bonchev–Trinajstić information content (AvgIpc) is 3.06. The van der Waals surface area contributed by atoms with Crippen molar-refractivity contribution in [3.63, 3.8) is 0 Å². The molecule has 1 amide bonds. The first-order valence-electron chi connectivity index (χ1n) is 7.91. The second-order valence-corrected chi connectivity index (χ2v) is 7.27. The SMILES string of the molecule is C=CCN(C(=O)CSc1nnc(NCCCC)s1)c1ccccc1. The van der Waals surface area contributed by atoms with Crippen molar-refractivity contribution in [2.45, 2.75) is 24.1 Å². The van der Waals surface area contributed by atoms with Gasteiger partial charge in [0.2, 0.25) is 11.0 Å². The summed E-state index contributed by atoms with van der Waals surface area (Å²) in [6.45, 7) is 7.27. The van der Waals surface area contributed by atoms with Gasteiger partial charge < -0.3 is 10.2 Å². The lowest BCUT2D eigenvalue weighted by atomic mass is 10.3. The van der Waals surface area contributed by atoms with Gasteiger partial charge in [0, 0.05) is 18.8 Å². The molecule has 0 saturated heterocycles. The van der Waals surface area contributed by atoms with E-state index in [2.05, 4.69) is 29.0 Å². The smallest absolute Gasteiger partial charge is 0.237 e. The van der Waals surface area contributed by atoms with Crippen LogP contribution in [0.1, 0.15) is 19.8 Å². The third kappa shape index (κ3) is 5.65. The van der Waals surface area contributed by atoms with Crippen LogP contribution in [0, 0.1) is 0 Å². The van der Waals surface area contributed by atoms with Crippen LogP contribution in [0.25, 0.3) is 0 Å². The maximum Gasteiger partial charge on any atom is 0.237 e. The Hall–Kier alpha value is -1.86. The first-order chi connectivity index (χ1) is 11.7. The molecule has 0 atom stereocenters. The van der Waals surface area contributed by atoms with Gasteiger partial charge in [0.15, 0.2) is 4.34 Å². The van der Waals surface area contributed by atoms with Crippen LogP contribution in [0.3, 0.4) is 0 Å². The predicted octanol–water partition coefficient (Wildman–Crippen LogP) is 4.06. The summed E-state index contributed by atoms with van der Waals surface area (Å²) in [5, 5.41) is 12.3. The van der Waals surface area contributed by atoms with Crippen molar-refractivity contribution in [1.82, 2.24) is 10.2 Å². The number of aromatic nitrogens is 2. The molecule has 5 nitrogen and oxygen atoms in total. The lowest BCUT2D eigenvalue weighted by Crippen LogP contribution is -2.32. The van der Waals surface area contributed by atoms with E-state index < -0.39 is 0 Å². The highest BCUT2D eigenvalue weighted by Crippen LogP contribution is 2.26. The maximum atomic E-state index is 12.5. The third-order valence-electron chi connectivity index (χ3n) is 3.21. The number of hydrogen-bond acceptors (Lipinski definition) is 6. The lowest BCUT2D eigenvalue weighted by molar-refractivity contribution is -0.116. The van der Waals surface area contributed by atoms with E-state index >= 15 is 0 Å². The minimum absolute atomic E-state index is 0.0294. The van der Waals surface area contributed by atoms with Gasteiger partial charge in [-0.25, -0.2) is 0 Å². The normalized spacial score (nSPS) is 10.4. The van der Waals surface area contributed by atoms with Crippen LogP contribution in [0.2, 0.25) is 0 Å². The summed E-state index contributed by atoms with van der Waals surface area (Å²) in [6.07, 6.45) is 3.98. The van der Waals surface area contributed by atoms with E-state index in [4.69, 9.17) is 0 Å². The zero-order valence-corrected chi connectivity index (χ0v) is 15.4. The van der Waals surface area contributed by atoms with E-state index in [1.165, 1.54) is 23.1 Å². The number of amides is 1. The number of nitrogens with one attached hydrogen (secondary N) is 1. The summed E-state index contributed by atoms with van der Waals surface area (Å²) in [4.78, 5) is 14.2. The average molecular weight is 363 g/mol. The molecule has 7 heteroatoms. The molecule has 1 heterocycles. The Morgan fingerprint density at radius 1 is 1.38 bits per heavy atom. The van der Waals surface area contributed by atoms with Gasteiger partial charge >= 0.3 is 0 Å². The third-order valence-corrected chi connectivity index (χ3v) is 5.21. The number of rotatable bonds is 10. The van der Waals surface area contributed by atoms with Crippen LogP contribution in [0.5, 0.6) is 0 Å². The fourth-order valence-corrected chi connectivity index (χ4v) is 3.65. The van der Waals surface area contributed by atoms with Crippen molar-refractivity contribution < 1.29 is 4.79 Å². The van der Waals surface area contributed by atoms with Crippen LogP contribution >= 0.6 is 23.1 Å². The number of anilines is 2. The van der Waals surface area contributed by atoms with Gasteiger partial charge in [-0.1, -0.05) is 60.7 Å². The Morgan fingerprint density at radius 2 is 2.17 bits per heavy atom. The number of hydrogen-bond donors (Lipinski definition) is 1. The summed E-state index contributed by atoms with van der Waals surface area (Å²) >= 11 is 2.90. The van der Waals surface area contributed by atoms with E-state index in [1.807, 2.05) is 30.3 Å². The van der Waals surface area contributed by atoms with E-state index in [-0.39, 0.29) is 5.91 Å². The van der Waals surface area contributed by atoms with E-state index in [1.54, 1.807) is 11.0 Å². The van der Waals surface area contributed by atoms with Crippen molar-refractivity contribution in [1.29, 1.82) is 0 Å². The molecule has 1 N–H and O–H groups in total. The Labute approximate surface area is 151 Å². The number of para-hydroxylation sites is 1. The summed E-state index contributed by atoms with van der Waals surface area (Å²) in [5.74, 6) is 0.355. The molecule has 128 valence electrons. The highest BCUT2D eigenvalue weighted by molar-refractivity contribution is 8.01. The van der Waals surface area contributed by atoms with Crippen molar-refractivity contribution in [2.24, 2.45) is 0 Å². The first kappa shape index (κ1) is 18.5. The van der Waals surface area contributed by atoms with Crippen molar-refractivity contribution in [3.8, 4) is 0 Å². The number of thioether (sulfide) groups is 1. The van der Waals surface area contributed by atoms with Crippen molar-refractivity contribution >= 4 is 39.8 Å². The van der Waals surface area contributed by atoms with Gasteiger partial charge in [-0.2, -0.15) is 0 Å². The number of benzene rings is 1. The van der Waals surface area contributed by atoms with Crippen LogP contribution in [0.15, 0.2) is 47.3 Å². The van der Waals surface area contributed by atoms with Gasteiger partial charge in [0.25, 0.3) is 0 Å². The fourth-order valence-electron chi connectivity index (χ4n) is 2.00. The zero-order valence-electron chi connectivity index (χ0n) is 13.8. The van der Waals surface area contributed by atoms with Crippen molar-refractivity contribution in [2.75, 3.05) is 29.1 Å². The molecule has 0 saturated carbocycles. The van der Waals surface area contributed by atoms with E-state index in [9.17, 15) is 4.79 Å². The van der Waals surface area contributed by atoms with Gasteiger partial charge in [0.05, 0.1) is 5.75 Å². The van der Waals surface area contributed by atoms with Gasteiger partial charge in [0.1, 0.15) is 0 Å². The highest BCUT2D eigenvalue weighted by Gasteiger charge is 2.15. The Kier molecular flexibility index (Phi) is 7.77. The molecule has 0 aliphatic rings. The van der Waals surface area contributed by atoms with E-state index in [0.717, 1.165) is 34.5 Å². The molecular formula is C17H22N4OS2. The molecule has 1 aromatic carbocycles. The topological polar surface area (TPSA) is 58.1 Å². The summed E-state index contributed by atoms with van der Waals surface area (Å²) < 4.78 is 0.800. The molecule has 0 spiro atoms. The Balaban J connectivity index is 1.90. The molecule has 0 aliphatic heterocycles. The Morgan fingerprint density at radius 3 is 2.88 bits per heavy atom. The van der Waals surface area contributed by atoms with Crippen LogP contribution in [-0.4, -0.2) is 34.9 Å². The minimum Gasteiger partial charge on any atom is -0.360 e. The van der Waals surface area contributed by atoms with Gasteiger partial charge in [-0.3, -0.25) is 4.79 Å². The number of carbonyl (C=O) groups is 1. The quantitative estimate of drug-likeness (QED) is 0.392. The molecule has 0 fully saturated rings. The molecule has 0 unspecified atom stereocenters. The lowest BCUT2D eigenvalue weighted by Gasteiger charge is -2.20. The molecule has 0 aliphatic carbocycles. The second kappa shape index (κ2) is 10.1. The van der Waals surface area contributed by atoms with E-state index in [0.29, 0.717) is 12.3 Å². The van der Waals surface area contributed by atoms with Crippen molar-refractivity contribution in [3.05, 3.63) is 43.0 Å². The predicted molar refractivity (Wildman–Crippen MR) is 103 cm³/mol. The fraction of sp³-hybridized carbons (Fsp3) is 0.353. The zero-order chi connectivity index (χ0) is 17.2. The molecular weight excluding hydrogens is 340 g/mol. The number of unbranched alkanes of at least 4 members (excludes halogenated alkanes) is 1. The summed E-state index contributed by atoms with van der Waals surface area (Å²) in [5.41, 5.74) is 0.877. The molecule has 2 rings (SSSR count). The summed E-state index contributed by atoms with van der Waals surface area (Å²) in [7, 11) is 0. The Bertz CT molecular complexity index is 645. The molecule has 1 aromatic heterocycles. The van der Waals surface area contributed by atoms with Gasteiger partial charge in [-0.05, 0) is 18.6 Å². The molecule has 24 heavy (non-hydrogen) atoms. The van der Waals surface area contributed by atoms with Crippen LogP contribution < -0.4 is 10.2 Å². The minimum atomic E-state index is 0.0294. The summed E-state index contributed by atoms with van der Waals surface area (Å²) in [6, 6.07) is 9.62. The highest BCUT2D eigenvalue weighted by atomic mass is 32.2. The van der Waals surface area contributed by atoms with Gasteiger partial charge in [-0.15, -0.1) is 16.8 Å².